The van der Waals surface area contributed by atoms with Gasteiger partial charge in [-0.1, -0.05) is 46.3 Å². The summed E-state index contributed by atoms with van der Waals surface area (Å²) in [4.78, 5) is 0. The molecule has 0 bridgehead atoms. The Bertz CT molecular complexity index is 1940. The summed E-state index contributed by atoms with van der Waals surface area (Å²) in [5.41, 5.74) is -1.48. The number of fused-ring (bicyclic) bond motifs is 5. The second-order valence-electron chi connectivity index (χ2n) is 25.3. The highest BCUT2D eigenvalue weighted by atomic mass is 16.8. The Morgan fingerprint density at radius 1 is 0.587 bits per heavy atom. The second kappa shape index (κ2) is 22.7. The van der Waals surface area contributed by atoms with Gasteiger partial charge in [-0.05, 0) is 124 Å². The van der Waals surface area contributed by atoms with Crippen LogP contribution in [0.15, 0.2) is 11.6 Å². The molecule has 75 heavy (non-hydrogen) atoms. The van der Waals surface area contributed by atoms with E-state index in [1.54, 1.807) is 0 Å². The predicted octanol–water partition coefficient (Wildman–Crippen LogP) is -1.56. The lowest BCUT2D eigenvalue weighted by molar-refractivity contribution is -0.378. The maximum absolute atomic E-state index is 12.8. The van der Waals surface area contributed by atoms with Crippen LogP contribution >= 0.6 is 0 Å². The van der Waals surface area contributed by atoms with E-state index in [0.29, 0.717) is 38.5 Å². The minimum Gasteiger partial charge on any atom is -0.394 e. The van der Waals surface area contributed by atoms with Gasteiger partial charge in [0.25, 0.3) is 0 Å². The SMILES string of the molecule is CC(C)=CCC[C@](C)(O[C@@H]1O[C@H](CO[C@H]2OC[C@H](O)[C@H](O)[C@H]2O)[C@@H](O)[C@H](O)[C@H]1O)[C@H]1CC[C@]2(C)[C@@H]1[C@H](O)C[C@@H]1[C@@]3(C)CC[C@H](O[C@H]4O[C@@H](CO)[C@H](O)[C@@H](O)[C@@H]4O[C@H]4O[C@@H](CO)[C@H](O)[C@@H](O)[C@@H]4O)C(C)(C)[C@H]3CC[C@]12C. The van der Waals surface area contributed by atoms with E-state index in [1.807, 2.05) is 20.8 Å². The maximum Gasteiger partial charge on any atom is 0.187 e. The molecule has 0 aromatic heterocycles. The van der Waals surface area contributed by atoms with Crippen molar-refractivity contribution in [1.82, 2.24) is 0 Å². The fourth-order valence-electron chi connectivity index (χ4n) is 16.0. The largest absolute Gasteiger partial charge is 0.394 e. The molecule has 14 N–H and O–H groups in total. The van der Waals surface area contributed by atoms with Crippen LogP contribution in [0.1, 0.15) is 113 Å². The van der Waals surface area contributed by atoms with Crippen molar-refractivity contribution >= 4 is 0 Å². The van der Waals surface area contributed by atoms with E-state index < -0.39 is 165 Å². The van der Waals surface area contributed by atoms with Crippen LogP contribution in [0.25, 0.3) is 0 Å². The first-order chi connectivity index (χ1) is 35.1. The van der Waals surface area contributed by atoms with Crippen molar-refractivity contribution in [3.05, 3.63) is 11.6 Å². The number of allylic oxidation sites excluding steroid dienone is 2. The minimum absolute atomic E-state index is 0.0508. The molecule has 29 atom stereocenters. The van der Waals surface area contributed by atoms with Gasteiger partial charge in [-0.2, -0.15) is 0 Å². The van der Waals surface area contributed by atoms with Gasteiger partial charge in [0.2, 0.25) is 0 Å². The van der Waals surface area contributed by atoms with E-state index in [-0.39, 0.29) is 41.1 Å². The van der Waals surface area contributed by atoms with Gasteiger partial charge in [0.15, 0.2) is 25.2 Å². The molecule has 4 saturated heterocycles. The topological polar surface area (TPSA) is 357 Å². The quantitative estimate of drug-likeness (QED) is 0.0651. The molecule has 0 radical (unpaired) electrons. The molecule has 4 aliphatic heterocycles. The zero-order valence-electron chi connectivity index (χ0n) is 44.7. The van der Waals surface area contributed by atoms with E-state index in [9.17, 15) is 71.5 Å². The minimum atomic E-state index is -1.81. The van der Waals surface area contributed by atoms with Crippen LogP contribution < -0.4 is 0 Å². The fourth-order valence-corrected chi connectivity index (χ4v) is 16.0. The third kappa shape index (κ3) is 10.6. The molecule has 434 valence electrons. The van der Waals surface area contributed by atoms with Gasteiger partial charge in [0, 0.05) is 0 Å². The number of aliphatic hydroxyl groups excluding tert-OH is 14. The third-order valence-corrected chi connectivity index (χ3v) is 20.5. The van der Waals surface area contributed by atoms with Crippen LogP contribution in [0, 0.1) is 45.3 Å². The molecule has 4 aliphatic carbocycles. The lowest BCUT2D eigenvalue weighted by Gasteiger charge is -2.71. The summed E-state index contributed by atoms with van der Waals surface area (Å²) in [6.07, 6.45) is -22.6. The summed E-state index contributed by atoms with van der Waals surface area (Å²) in [6.45, 7) is 15.1. The standard InChI is InChI=1S/C53H90O22/c1-23(2)10-9-14-53(8,75-47-43(67)39(63)37(61)29(72-47)22-69-45-41(65)34(58)26(57)21-68-45)24-11-16-52(7)33(24)25(56)18-31-50(5)15-13-32(49(3,4)30(50)12-17-51(31,52)6)73-48-44(40(64)36(60)28(20-55)71-48)74-46-42(66)38(62)35(59)27(19-54)70-46/h10,24-48,54-67H,9,11-22H2,1-8H3/t24-,25+,26-,27-,28-,29+,30+,31+,32-,33-,34-,35-,36-,37+,38+,39-,40+,41+,42-,43+,44-,45+,46+,47-,48+,50-,51+,52+,53-/m0/s1. The van der Waals surface area contributed by atoms with Gasteiger partial charge >= 0.3 is 0 Å². The summed E-state index contributed by atoms with van der Waals surface area (Å²) >= 11 is 0. The Kier molecular flexibility index (Phi) is 18.1. The summed E-state index contributed by atoms with van der Waals surface area (Å²) in [6, 6.07) is 0. The molecule has 0 aromatic rings. The van der Waals surface area contributed by atoms with Crippen LogP contribution in [0.4, 0.5) is 0 Å². The lowest BCUT2D eigenvalue weighted by atomic mass is 9.35. The highest BCUT2D eigenvalue weighted by Crippen LogP contribution is 2.76. The third-order valence-electron chi connectivity index (χ3n) is 20.5. The van der Waals surface area contributed by atoms with E-state index in [1.165, 1.54) is 0 Å². The van der Waals surface area contributed by atoms with Crippen LogP contribution in [0.3, 0.4) is 0 Å². The average Bonchev–Trinajstić information content (AvgIpc) is 3.75. The summed E-state index contributed by atoms with van der Waals surface area (Å²) in [5.74, 6) is -0.395. The highest BCUT2D eigenvalue weighted by Gasteiger charge is 2.72. The fraction of sp³-hybridized carbons (Fsp3) is 0.962. The Labute approximate surface area is 439 Å². The summed E-state index contributed by atoms with van der Waals surface area (Å²) < 4.78 is 48.8. The number of aliphatic hydroxyl groups is 14. The first-order valence-electron chi connectivity index (χ1n) is 27.3. The van der Waals surface area contributed by atoms with Crippen molar-refractivity contribution in [3.63, 3.8) is 0 Å². The maximum atomic E-state index is 12.8. The van der Waals surface area contributed by atoms with Gasteiger partial charge in [-0.25, -0.2) is 0 Å². The summed E-state index contributed by atoms with van der Waals surface area (Å²) in [7, 11) is 0. The average molecular weight is 1080 g/mol. The van der Waals surface area contributed by atoms with E-state index >= 15 is 0 Å². The molecular weight excluding hydrogens is 989 g/mol. The van der Waals surface area contributed by atoms with Crippen LogP contribution in [0.5, 0.6) is 0 Å². The Morgan fingerprint density at radius 2 is 1.16 bits per heavy atom. The zero-order chi connectivity index (χ0) is 55.1. The van der Waals surface area contributed by atoms with Gasteiger partial charge < -0.3 is 109 Å². The van der Waals surface area contributed by atoms with Gasteiger partial charge in [0.1, 0.15) is 91.6 Å². The number of ether oxygens (including phenoxy) is 8. The van der Waals surface area contributed by atoms with E-state index in [2.05, 4.69) is 40.7 Å². The molecule has 8 fully saturated rings. The number of rotatable bonds is 15. The molecular formula is C53H90O22. The molecule has 0 aromatic carbocycles. The Morgan fingerprint density at radius 3 is 1.80 bits per heavy atom. The molecule has 8 rings (SSSR count). The van der Waals surface area contributed by atoms with Crippen molar-refractivity contribution in [1.29, 1.82) is 0 Å². The first-order valence-corrected chi connectivity index (χ1v) is 27.3. The van der Waals surface area contributed by atoms with Gasteiger partial charge in [-0.3, -0.25) is 0 Å². The van der Waals surface area contributed by atoms with Gasteiger partial charge in [-0.15, -0.1) is 0 Å². The van der Waals surface area contributed by atoms with Crippen molar-refractivity contribution in [2.75, 3.05) is 26.4 Å². The molecule has 8 aliphatic rings. The molecule has 4 heterocycles. The molecule has 4 saturated carbocycles. The van der Waals surface area contributed by atoms with Crippen molar-refractivity contribution in [3.8, 4) is 0 Å². The number of hydrogen-bond donors (Lipinski definition) is 14. The molecule has 0 amide bonds. The van der Waals surface area contributed by atoms with Crippen molar-refractivity contribution < 1.29 is 109 Å². The normalized spacial score (nSPS) is 52.7. The second-order valence-corrected chi connectivity index (χ2v) is 25.3. The first kappa shape index (κ1) is 60.0. The Balaban J connectivity index is 1.01. The Hall–Kier alpha value is -1.14. The van der Waals surface area contributed by atoms with Gasteiger partial charge in [0.05, 0.1) is 44.2 Å². The zero-order valence-corrected chi connectivity index (χ0v) is 44.7. The summed E-state index contributed by atoms with van der Waals surface area (Å²) in [5, 5.41) is 151. The molecule has 22 nitrogen and oxygen atoms in total. The van der Waals surface area contributed by atoms with Crippen molar-refractivity contribution in [2.24, 2.45) is 45.3 Å². The molecule has 22 heteroatoms. The van der Waals surface area contributed by atoms with E-state index in [0.717, 1.165) is 24.8 Å². The van der Waals surface area contributed by atoms with Crippen LogP contribution in [-0.4, -0.2) is 232 Å². The lowest BCUT2D eigenvalue weighted by Crippen LogP contribution is -2.68. The monoisotopic (exact) mass is 1080 g/mol. The smallest absolute Gasteiger partial charge is 0.187 e. The highest BCUT2D eigenvalue weighted by molar-refractivity contribution is 5.20. The predicted molar refractivity (Wildman–Crippen MR) is 260 cm³/mol. The van der Waals surface area contributed by atoms with E-state index in [4.69, 9.17) is 37.9 Å². The van der Waals surface area contributed by atoms with Crippen LogP contribution in [0.2, 0.25) is 0 Å². The number of hydrogen-bond acceptors (Lipinski definition) is 22. The molecule has 0 spiro atoms. The molecule has 0 unspecified atom stereocenters. The van der Waals surface area contributed by atoms with Crippen molar-refractivity contribution in [2.45, 2.75) is 248 Å². The van der Waals surface area contributed by atoms with Crippen LogP contribution in [-0.2, 0) is 37.9 Å².